The fourth-order valence-corrected chi connectivity index (χ4v) is 2.11. The maximum atomic E-state index is 11.6. The number of thiazole rings is 1. The van der Waals surface area contributed by atoms with Crippen molar-refractivity contribution in [2.45, 2.75) is 33.7 Å². The Balaban J connectivity index is 2.42. The number of aromatic nitrogens is 1. The van der Waals surface area contributed by atoms with Crippen LogP contribution in [0.15, 0.2) is 0 Å². The van der Waals surface area contributed by atoms with E-state index in [0.717, 1.165) is 10.6 Å². The average Bonchev–Trinajstić information content (AvgIpc) is 2.64. The van der Waals surface area contributed by atoms with Gasteiger partial charge in [-0.15, -0.1) is 11.3 Å². The summed E-state index contributed by atoms with van der Waals surface area (Å²) in [6.07, 6.45) is 0. The van der Waals surface area contributed by atoms with Crippen LogP contribution >= 0.6 is 11.3 Å². The molecule has 0 spiro atoms. The Morgan fingerprint density at radius 2 is 2.00 bits per heavy atom. The Hall–Kier alpha value is -1.47. The van der Waals surface area contributed by atoms with E-state index in [4.69, 9.17) is 5.73 Å². The number of nitrogens with two attached hydrogens (primary N) is 1. The van der Waals surface area contributed by atoms with Crippen molar-refractivity contribution in [3.05, 3.63) is 10.6 Å². The van der Waals surface area contributed by atoms with Crippen molar-refractivity contribution in [3.63, 3.8) is 0 Å². The van der Waals surface area contributed by atoms with Gasteiger partial charge in [0.05, 0.1) is 18.3 Å². The molecule has 19 heavy (non-hydrogen) atoms. The van der Waals surface area contributed by atoms with Gasteiger partial charge >= 0.3 is 0 Å². The molecule has 2 amide bonds. The topological polar surface area (TPSA) is 97.1 Å². The SMILES string of the molecule is Cc1nc(NC(=O)CNC(=O)[C@@H](N)C(C)C)sc1C. The van der Waals surface area contributed by atoms with Gasteiger partial charge in [0, 0.05) is 4.88 Å². The molecule has 0 aliphatic heterocycles. The molecule has 0 aliphatic carbocycles. The van der Waals surface area contributed by atoms with E-state index in [1.54, 1.807) is 0 Å². The summed E-state index contributed by atoms with van der Waals surface area (Å²) in [5.41, 5.74) is 6.56. The summed E-state index contributed by atoms with van der Waals surface area (Å²) in [5, 5.41) is 5.69. The lowest BCUT2D eigenvalue weighted by Gasteiger charge is -2.14. The fourth-order valence-electron chi connectivity index (χ4n) is 1.28. The minimum Gasteiger partial charge on any atom is -0.346 e. The molecule has 0 radical (unpaired) electrons. The largest absolute Gasteiger partial charge is 0.346 e. The number of hydrogen-bond acceptors (Lipinski definition) is 5. The number of carbonyl (C=O) groups excluding carboxylic acids is 2. The zero-order chi connectivity index (χ0) is 14.6. The Labute approximate surface area is 116 Å². The minimum atomic E-state index is -0.600. The second kappa shape index (κ2) is 6.63. The molecule has 0 bridgehead atoms. The lowest BCUT2D eigenvalue weighted by molar-refractivity contribution is -0.125. The second-order valence-corrected chi connectivity index (χ2v) is 5.90. The third-order valence-electron chi connectivity index (χ3n) is 2.72. The van der Waals surface area contributed by atoms with Crippen LogP contribution in [0.3, 0.4) is 0 Å². The van der Waals surface area contributed by atoms with E-state index in [-0.39, 0.29) is 24.3 Å². The normalized spacial score (nSPS) is 12.3. The van der Waals surface area contributed by atoms with Gasteiger partial charge in [0.1, 0.15) is 0 Å². The van der Waals surface area contributed by atoms with Crippen LogP contribution in [-0.4, -0.2) is 29.4 Å². The predicted molar refractivity (Wildman–Crippen MR) is 76.0 cm³/mol. The zero-order valence-electron chi connectivity index (χ0n) is 11.6. The highest BCUT2D eigenvalue weighted by molar-refractivity contribution is 7.15. The lowest BCUT2D eigenvalue weighted by Crippen LogP contribution is -2.46. The van der Waals surface area contributed by atoms with E-state index in [1.807, 2.05) is 27.7 Å². The highest BCUT2D eigenvalue weighted by Crippen LogP contribution is 2.20. The number of hydrogen-bond donors (Lipinski definition) is 3. The molecule has 1 heterocycles. The summed E-state index contributed by atoms with van der Waals surface area (Å²) in [4.78, 5) is 28.4. The van der Waals surface area contributed by atoms with Gasteiger partial charge in [-0.1, -0.05) is 13.8 Å². The minimum absolute atomic E-state index is 0.0346. The summed E-state index contributed by atoms with van der Waals surface area (Å²) in [6.45, 7) is 7.42. The number of carbonyl (C=O) groups is 2. The molecular formula is C12H20N4O2S. The van der Waals surface area contributed by atoms with Gasteiger partial charge in [0.2, 0.25) is 11.8 Å². The van der Waals surface area contributed by atoms with Gasteiger partial charge in [-0.05, 0) is 19.8 Å². The molecule has 0 unspecified atom stereocenters. The monoisotopic (exact) mass is 284 g/mol. The Morgan fingerprint density at radius 3 is 2.47 bits per heavy atom. The summed E-state index contributed by atoms with van der Waals surface area (Å²) >= 11 is 1.41. The van der Waals surface area contributed by atoms with E-state index >= 15 is 0 Å². The van der Waals surface area contributed by atoms with Crippen molar-refractivity contribution < 1.29 is 9.59 Å². The zero-order valence-corrected chi connectivity index (χ0v) is 12.4. The van der Waals surface area contributed by atoms with Gasteiger partial charge in [-0.2, -0.15) is 0 Å². The third-order valence-corrected chi connectivity index (χ3v) is 3.71. The van der Waals surface area contributed by atoms with Crippen LogP contribution in [0.4, 0.5) is 5.13 Å². The molecule has 1 aromatic rings. The molecule has 1 aromatic heterocycles. The number of nitrogens with zero attached hydrogens (tertiary/aromatic N) is 1. The molecule has 1 atom stereocenters. The van der Waals surface area contributed by atoms with Crippen LogP contribution in [0, 0.1) is 19.8 Å². The van der Waals surface area contributed by atoms with Crippen molar-refractivity contribution in [3.8, 4) is 0 Å². The first kappa shape index (κ1) is 15.6. The lowest BCUT2D eigenvalue weighted by atomic mass is 10.1. The van der Waals surface area contributed by atoms with Crippen LogP contribution in [-0.2, 0) is 9.59 Å². The maximum Gasteiger partial charge on any atom is 0.245 e. The molecular weight excluding hydrogens is 264 g/mol. The summed E-state index contributed by atoms with van der Waals surface area (Å²) in [7, 11) is 0. The quantitative estimate of drug-likeness (QED) is 0.745. The number of rotatable bonds is 5. The van der Waals surface area contributed by atoms with E-state index in [2.05, 4.69) is 15.6 Å². The summed E-state index contributed by atoms with van der Waals surface area (Å²) in [5.74, 6) is -0.595. The van der Waals surface area contributed by atoms with Crippen molar-refractivity contribution in [1.29, 1.82) is 0 Å². The van der Waals surface area contributed by atoms with Crippen molar-refractivity contribution >= 4 is 28.3 Å². The first-order valence-corrected chi connectivity index (χ1v) is 6.90. The van der Waals surface area contributed by atoms with Crippen LogP contribution in [0.2, 0.25) is 0 Å². The van der Waals surface area contributed by atoms with Gasteiger partial charge in [-0.25, -0.2) is 4.98 Å². The van der Waals surface area contributed by atoms with Gasteiger partial charge in [0.15, 0.2) is 5.13 Å². The standard InChI is InChI=1S/C12H20N4O2S/c1-6(2)10(13)11(18)14-5-9(17)16-12-15-7(3)8(4)19-12/h6,10H,5,13H2,1-4H3,(H,14,18)(H,15,16,17)/t10-/m0/s1. The molecule has 7 heteroatoms. The van der Waals surface area contributed by atoms with E-state index < -0.39 is 6.04 Å². The molecule has 0 saturated carbocycles. The number of amides is 2. The third kappa shape index (κ3) is 4.60. The van der Waals surface area contributed by atoms with Gasteiger partial charge < -0.3 is 16.4 Å². The maximum absolute atomic E-state index is 11.6. The van der Waals surface area contributed by atoms with Crippen molar-refractivity contribution in [1.82, 2.24) is 10.3 Å². The van der Waals surface area contributed by atoms with Crippen molar-refractivity contribution in [2.24, 2.45) is 11.7 Å². The molecule has 0 saturated heterocycles. The van der Waals surface area contributed by atoms with Crippen molar-refractivity contribution in [2.75, 3.05) is 11.9 Å². The predicted octanol–water partition coefficient (Wildman–Crippen LogP) is 0.798. The molecule has 0 aliphatic rings. The van der Waals surface area contributed by atoms with Gasteiger partial charge in [-0.3, -0.25) is 9.59 Å². The Morgan fingerprint density at radius 1 is 1.37 bits per heavy atom. The number of anilines is 1. The highest BCUT2D eigenvalue weighted by atomic mass is 32.1. The smallest absolute Gasteiger partial charge is 0.245 e. The Bertz CT molecular complexity index is 451. The molecule has 0 fully saturated rings. The number of nitrogens with one attached hydrogen (secondary N) is 2. The molecule has 106 valence electrons. The van der Waals surface area contributed by atoms with E-state index in [9.17, 15) is 9.59 Å². The van der Waals surface area contributed by atoms with Crippen LogP contribution in [0.1, 0.15) is 24.4 Å². The Kier molecular flexibility index (Phi) is 5.44. The highest BCUT2D eigenvalue weighted by Gasteiger charge is 2.17. The first-order chi connectivity index (χ1) is 8.81. The number of aryl methyl sites for hydroxylation is 2. The average molecular weight is 284 g/mol. The van der Waals surface area contributed by atoms with Crippen LogP contribution in [0.5, 0.6) is 0 Å². The van der Waals surface area contributed by atoms with Crippen LogP contribution < -0.4 is 16.4 Å². The second-order valence-electron chi connectivity index (χ2n) is 4.70. The van der Waals surface area contributed by atoms with E-state index in [1.165, 1.54) is 11.3 Å². The molecule has 4 N–H and O–H groups in total. The van der Waals surface area contributed by atoms with Crippen LogP contribution in [0.25, 0.3) is 0 Å². The summed E-state index contributed by atoms with van der Waals surface area (Å²) in [6, 6.07) is -0.600. The molecule has 6 nitrogen and oxygen atoms in total. The molecule has 0 aromatic carbocycles. The van der Waals surface area contributed by atoms with E-state index in [0.29, 0.717) is 5.13 Å². The fraction of sp³-hybridized carbons (Fsp3) is 0.583. The van der Waals surface area contributed by atoms with Gasteiger partial charge in [0.25, 0.3) is 0 Å². The molecule has 1 rings (SSSR count). The summed E-state index contributed by atoms with van der Waals surface area (Å²) < 4.78 is 0. The first-order valence-electron chi connectivity index (χ1n) is 6.08.